The molecule has 0 radical (unpaired) electrons. The molecule has 0 bridgehead atoms. The number of rotatable bonds is 6. The lowest BCUT2D eigenvalue weighted by Crippen LogP contribution is -2.31. The predicted molar refractivity (Wildman–Crippen MR) is 83.6 cm³/mol. The molecule has 0 unspecified atom stereocenters. The first-order chi connectivity index (χ1) is 9.51. The highest BCUT2D eigenvalue weighted by Crippen LogP contribution is 2.30. The summed E-state index contributed by atoms with van der Waals surface area (Å²) < 4.78 is 5.45. The Bertz CT molecular complexity index is 502. The minimum absolute atomic E-state index is 0.0341. The van der Waals surface area contributed by atoms with Gasteiger partial charge in [-0.25, -0.2) is 0 Å². The number of hydrogen-bond acceptors (Lipinski definition) is 2. The fourth-order valence-corrected chi connectivity index (χ4v) is 2.42. The van der Waals surface area contributed by atoms with Crippen molar-refractivity contribution in [3.05, 3.63) is 41.0 Å². The number of benzene rings is 1. The second-order valence-corrected chi connectivity index (χ2v) is 4.84. The van der Waals surface area contributed by atoms with Gasteiger partial charge in [0.05, 0.1) is 12.7 Å². The molecule has 0 saturated heterocycles. The molecule has 1 aromatic rings. The summed E-state index contributed by atoms with van der Waals surface area (Å²) in [4.78, 5) is 14.6. The van der Waals surface area contributed by atoms with Crippen molar-refractivity contribution in [1.82, 2.24) is 4.90 Å². The highest BCUT2D eigenvalue weighted by molar-refractivity contribution is 5.99. The van der Waals surface area contributed by atoms with Gasteiger partial charge in [0.2, 0.25) is 0 Å². The molecule has 1 amide bonds. The van der Waals surface area contributed by atoms with Crippen molar-refractivity contribution in [2.75, 3.05) is 20.2 Å². The van der Waals surface area contributed by atoms with Crippen LogP contribution in [0.15, 0.2) is 18.7 Å². The van der Waals surface area contributed by atoms with Crippen LogP contribution in [0.1, 0.15) is 40.9 Å². The molecule has 0 aliphatic rings. The molecular formula is C17H25NO2. The van der Waals surface area contributed by atoms with Crippen LogP contribution in [0.5, 0.6) is 5.75 Å². The largest absolute Gasteiger partial charge is 0.496 e. The molecule has 3 heteroatoms. The van der Waals surface area contributed by atoms with Gasteiger partial charge in [-0.1, -0.05) is 6.08 Å². The van der Waals surface area contributed by atoms with E-state index in [9.17, 15) is 4.79 Å². The third-order valence-electron chi connectivity index (χ3n) is 3.77. The van der Waals surface area contributed by atoms with Gasteiger partial charge in [0.1, 0.15) is 5.75 Å². The van der Waals surface area contributed by atoms with E-state index in [4.69, 9.17) is 4.74 Å². The second kappa shape index (κ2) is 7.13. The topological polar surface area (TPSA) is 29.5 Å². The summed E-state index contributed by atoms with van der Waals surface area (Å²) in [6, 6.07) is 1.94. The zero-order valence-corrected chi connectivity index (χ0v) is 13.2. The van der Waals surface area contributed by atoms with Gasteiger partial charge in [0, 0.05) is 13.1 Å². The van der Waals surface area contributed by atoms with E-state index in [1.54, 1.807) is 7.11 Å². The lowest BCUT2D eigenvalue weighted by molar-refractivity contribution is 0.0768. The molecule has 110 valence electrons. The Kier molecular flexibility index (Phi) is 5.81. The maximum absolute atomic E-state index is 12.8. The molecule has 0 heterocycles. The number of allylic oxidation sites excluding steroid dienone is 1. The molecule has 0 fully saturated rings. The van der Waals surface area contributed by atoms with Crippen molar-refractivity contribution in [2.24, 2.45) is 0 Å². The highest BCUT2D eigenvalue weighted by atomic mass is 16.5. The molecule has 1 aromatic carbocycles. The lowest BCUT2D eigenvalue weighted by atomic mass is 9.93. The molecule has 0 saturated carbocycles. The maximum Gasteiger partial charge on any atom is 0.257 e. The zero-order chi connectivity index (χ0) is 15.3. The first-order valence-electron chi connectivity index (χ1n) is 7.08. The van der Waals surface area contributed by atoms with Crippen molar-refractivity contribution in [2.45, 2.75) is 34.1 Å². The van der Waals surface area contributed by atoms with Gasteiger partial charge in [0.15, 0.2) is 0 Å². The number of carbonyl (C=O) groups is 1. The van der Waals surface area contributed by atoms with Crippen LogP contribution in [0.25, 0.3) is 0 Å². The number of aryl methyl sites for hydroxylation is 1. The summed E-state index contributed by atoms with van der Waals surface area (Å²) in [5, 5.41) is 0. The molecule has 20 heavy (non-hydrogen) atoms. The summed E-state index contributed by atoms with van der Waals surface area (Å²) in [7, 11) is 1.61. The van der Waals surface area contributed by atoms with Crippen molar-refractivity contribution in [1.29, 1.82) is 0 Å². The third kappa shape index (κ3) is 3.03. The van der Waals surface area contributed by atoms with E-state index in [2.05, 4.69) is 6.58 Å². The van der Waals surface area contributed by atoms with Gasteiger partial charge in [-0.2, -0.15) is 0 Å². The number of amides is 1. The Balaban J connectivity index is 3.52. The Labute approximate surface area is 122 Å². The summed E-state index contributed by atoms with van der Waals surface area (Å²) >= 11 is 0. The highest BCUT2D eigenvalue weighted by Gasteiger charge is 2.23. The van der Waals surface area contributed by atoms with E-state index < -0.39 is 0 Å². The van der Waals surface area contributed by atoms with Gasteiger partial charge in [0.25, 0.3) is 5.91 Å². The van der Waals surface area contributed by atoms with Crippen LogP contribution in [-0.2, 0) is 6.42 Å². The minimum Gasteiger partial charge on any atom is -0.496 e. The van der Waals surface area contributed by atoms with Gasteiger partial charge >= 0.3 is 0 Å². The van der Waals surface area contributed by atoms with E-state index in [1.807, 2.05) is 44.7 Å². The van der Waals surface area contributed by atoms with Crippen LogP contribution < -0.4 is 4.74 Å². The van der Waals surface area contributed by atoms with Crippen LogP contribution in [0, 0.1) is 13.8 Å². The molecule has 0 atom stereocenters. The van der Waals surface area contributed by atoms with Gasteiger partial charge in [-0.3, -0.25) is 4.79 Å². The molecule has 0 aliphatic carbocycles. The van der Waals surface area contributed by atoms with Crippen LogP contribution in [-0.4, -0.2) is 31.0 Å². The van der Waals surface area contributed by atoms with Crippen LogP contribution in [0.2, 0.25) is 0 Å². The Morgan fingerprint density at radius 1 is 1.35 bits per heavy atom. The summed E-state index contributed by atoms with van der Waals surface area (Å²) in [6.45, 7) is 13.3. The van der Waals surface area contributed by atoms with Gasteiger partial charge in [-0.05, 0) is 56.9 Å². The normalized spacial score (nSPS) is 10.2. The van der Waals surface area contributed by atoms with Crippen LogP contribution in [0.3, 0.4) is 0 Å². The number of hydrogen-bond donors (Lipinski definition) is 0. The predicted octanol–water partition coefficient (Wildman–Crippen LogP) is 3.52. The monoisotopic (exact) mass is 275 g/mol. The quantitative estimate of drug-likeness (QED) is 0.743. The standard InChI is InChI=1S/C17H25NO2/c1-7-10-14-13(5)12(4)11-15(20-6)16(14)17(19)18(8-2)9-3/h7,11H,1,8-10H2,2-6H3. The SMILES string of the molecule is C=CCc1c(C)c(C)cc(OC)c1C(=O)N(CC)CC. The lowest BCUT2D eigenvalue weighted by Gasteiger charge is -2.23. The average Bonchev–Trinajstić information content (AvgIpc) is 2.44. The zero-order valence-electron chi connectivity index (χ0n) is 13.2. The fourth-order valence-electron chi connectivity index (χ4n) is 2.42. The second-order valence-electron chi connectivity index (χ2n) is 4.84. The summed E-state index contributed by atoms with van der Waals surface area (Å²) in [5.41, 5.74) is 3.98. The van der Waals surface area contributed by atoms with Crippen molar-refractivity contribution < 1.29 is 9.53 Å². The smallest absolute Gasteiger partial charge is 0.257 e. The number of ether oxygens (including phenoxy) is 1. The van der Waals surface area contributed by atoms with Gasteiger partial charge < -0.3 is 9.64 Å². The summed E-state index contributed by atoms with van der Waals surface area (Å²) in [6.07, 6.45) is 2.51. The molecule has 0 aromatic heterocycles. The molecule has 0 spiro atoms. The number of methoxy groups -OCH3 is 1. The molecule has 3 nitrogen and oxygen atoms in total. The fraction of sp³-hybridized carbons (Fsp3) is 0.471. The Morgan fingerprint density at radius 3 is 2.40 bits per heavy atom. The van der Waals surface area contributed by atoms with Crippen molar-refractivity contribution >= 4 is 5.91 Å². The first-order valence-corrected chi connectivity index (χ1v) is 7.08. The minimum atomic E-state index is 0.0341. The Morgan fingerprint density at radius 2 is 1.95 bits per heavy atom. The third-order valence-corrected chi connectivity index (χ3v) is 3.77. The molecule has 1 rings (SSSR count). The van der Waals surface area contributed by atoms with E-state index >= 15 is 0 Å². The van der Waals surface area contributed by atoms with E-state index in [0.717, 1.165) is 16.7 Å². The summed E-state index contributed by atoms with van der Waals surface area (Å²) in [5.74, 6) is 0.689. The molecule has 0 aliphatic heterocycles. The number of carbonyl (C=O) groups excluding carboxylic acids is 1. The van der Waals surface area contributed by atoms with Crippen LogP contribution in [0.4, 0.5) is 0 Å². The Hall–Kier alpha value is -1.77. The van der Waals surface area contributed by atoms with E-state index in [-0.39, 0.29) is 5.91 Å². The van der Waals surface area contributed by atoms with Crippen LogP contribution >= 0.6 is 0 Å². The maximum atomic E-state index is 12.8. The molecule has 0 N–H and O–H groups in total. The van der Waals surface area contributed by atoms with Crippen molar-refractivity contribution in [3.63, 3.8) is 0 Å². The molecular weight excluding hydrogens is 250 g/mol. The van der Waals surface area contributed by atoms with Gasteiger partial charge in [-0.15, -0.1) is 6.58 Å². The van der Waals surface area contributed by atoms with E-state index in [0.29, 0.717) is 30.8 Å². The van der Waals surface area contributed by atoms with E-state index in [1.165, 1.54) is 0 Å². The first kappa shape index (κ1) is 16.3. The average molecular weight is 275 g/mol. The van der Waals surface area contributed by atoms with Crippen molar-refractivity contribution in [3.8, 4) is 5.75 Å². The number of nitrogens with zero attached hydrogens (tertiary/aromatic N) is 1.